The number of hydrogen-bond acceptors (Lipinski definition) is 3. The van der Waals surface area contributed by atoms with Gasteiger partial charge in [0.1, 0.15) is 11.5 Å². The van der Waals surface area contributed by atoms with E-state index in [0.717, 1.165) is 27.0 Å². The monoisotopic (exact) mass is 467 g/mol. The van der Waals surface area contributed by atoms with Crippen molar-refractivity contribution < 1.29 is 9.18 Å². The lowest BCUT2D eigenvalue weighted by atomic mass is 10.1. The minimum atomic E-state index is -0.319. The number of hydrogen-bond donors (Lipinski definition) is 2. The predicted octanol–water partition coefficient (Wildman–Crippen LogP) is 5.09. The maximum absolute atomic E-state index is 13.1. The maximum Gasteiger partial charge on any atom is 0.273 e. The van der Waals surface area contributed by atoms with E-state index in [4.69, 9.17) is 0 Å². The summed E-state index contributed by atoms with van der Waals surface area (Å²) in [5.41, 5.74) is 5.30. The second-order valence-electron chi connectivity index (χ2n) is 6.97. The number of carbonyl (C=O) groups is 1. The topological polar surface area (TPSA) is 75.6 Å². The first-order valence-corrected chi connectivity index (χ1v) is 10.1. The lowest BCUT2D eigenvalue weighted by Crippen LogP contribution is -2.13. The van der Waals surface area contributed by atoms with Crippen LogP contribution in [0.15, 0.2) is 59.1 Å². The van der Waals surface area contributed by atoms with E-state index in [0.29, 0.717) is 23.6 Å². The molecule has 2 N–H and O–H groups in total. The Morgan fingerprint density at radius 1 is 1.17 bits per heavy atom. The van der Waals surface area contributed by atoms with Crippen LogP contribution in [0.25, 0.3) is 11.3 Å². The number of H-pyrrole nitrogens is 1. The van der Waals surface area contributed by atoms with Gasteiger partial charge >= 0.3 is 0 Å². The van der Waals surface area contributed by atoms with E-state index in [9.17, 15) is 9.18 Å². The molecule has 30 heavy (non-hydrogen) atoms. The summed E-state index contributed by atoms with van der Waals surface area (Å²) in [5, 5.41) is 14.3. The molecule has 4 aromatic rings. The summed E-state index contributed by atoms with van der Waals surface area (Å²) in [5.74, 6) is -0.623. The molecule has 152 valence electrons. The van der Waals surface area contributed by atoms with Crippen molar-refractivity contribution >= 4 is 27.5 Å². The number of carbonyl (C=O) groups excluding carboxylic acids is 1. The Labute approximate surface area is 181 Å². The van der Waals surface area contributed by atoms with Gasteiger partial charge in [0.2, 0.25) is 0 Å². The number of aromatic nitrogens is 4. The Hall–Kier alpha value is -3.26. The fraction of sp³-hybridized carbons (Fsp3) is 0.136. The fourth-order valence-electron chi connectivity index (χ4n) is 3.15. The number of aryl methyl sites for hydroxylation is 1. The molecule has 0 unspecified atom stereocenters. The summed E-state index contributed by atoms with van der Waals surface area (Å²) < 4.78 is 16.0. The van der Waals surface area contributed by atoms with Crippen LogP contribution >= 0.6 is 15.9 Å². The molecule has 6 nitrogen and oxygen atoms in total. The van der Waals surface area contributed by atoms with Gasteiger partial charge in [-0.05, 0) is 77.8 Å². The van der Waals surface area contributed by atoms with E-state index in [1.54, 1.807) is 18.2 Å². The average molecular weight is 468 g/mol. The summed E-state index contributed by atoms with van der Waals surface area (Å²) in [4.78, 5) is 12.6. The van der Waals surface area contributed by atoms with Crippen molar-refractivity contribution in [3.8, 4) is 11.3 Å². The molecule has 0 radical (unpaired) electrons. The summed E-state index contributed by atoms with van der Waals surface area (Å²) in [6.07, 6.45) is 0. The van der Waals surface area contributed by atoms with Gasteiger partial charge in [-0.15, -0.1) is 0 Å². The summed E-state index contributed by atoms with van der Waals surface area (Å²) >= 11 is 3.54. The predicted molar refractivity (Wildman–Crippen MR) is 117 cm³/mol. The van der Waals surface area contributed by atoms with Crippen LogP contribution in [0.3, 0.4) is 0 Å². The van der Waals surface area contributed by atoms with Crippen molar-refractivity contribution in [1.82, 2.24) is 20.0 Å². The van der Waals surface area contributed by atoms with E-state index < -0.39 is 0 Å². The molecule has 0 aliphatic carbocycles. The van der Waals surface area contributed by atoms with Crippen LogP contribution in [-0.2, 0) is 6.54 Å². The first kappa shape index (κ1) is 20.0. The summed E-state index contributed by atoms with van der Waals surface area (Å²) in [6.45, 7) is 4.56. The molecule has 0 saturated carbocycles. The number of nitrogens with one attached hydrogen (secondary N) is 2. The third-order valence-electron chi connectivity index (χ3n) is 4.77. The molecule has 0 saturated heterocycles. The Balaban J connectivity index is 1.48. The number of halogens is 2. The molecule has 1 amide bonds. The fourth-order valence-corrected chi connectivity index (χ4v) is 3.44. The highest BCUT2D eigenvalue weighted by atomic mass is 79.9. The van der Waals surface area contributed by atoms with E-state index >= 15 is 0 Å². The molecule has 0 bridgehead atoms. The number of nitrogens with zero attached hydrogens (tertiary/aromatic N) is 3. The van der Waals surface area contributed by atoms with Crippen LogP contribution in [0.1, 0.15) is 27.4 Å². The van der Waals surface area contributed by atoms with Crippen molar-refractivity contribution in [3.05, 3.63) is 87.5 Å². The lowest BCUT2D eigenvalue weighted by molar-refractivity contribution is 0.102. The van der Waals surface area contributed by atoms with Gasteiger partial charge < -0.3 is 5.32 Å². The third kappa shape index (κ3) is 4.18. The van der Waals surface area contributed by atoms with Crippen molar-refractivity contribution in [3.63, 3.8) is 0 Å². The minimum absolute atomic E-state index is 0.304. The molecule has 2 aromatic heterocycles. The van der Waals surface area contributed by atoms with Crippen molar-refractivity contribution in [2.24, 2.45) is 0 Å². The number of aromatic amines is 1. The maximum atomic E-state index is 13.1. The van der Waals surface area contributed by atoms with Crippen LogP contribution < -0.4 is 5.32 Å². The van der Waals surface area contributed by atoms with Gasteiger partial charge in [0, 0.05) is 11.3 Å². The lowest BCUT2D eigenvalue weighted by Gasteiger charge is -2.08. The SMILES string of the molecule is Cc1nn(Cc2cccc(NC(=O)c3cc(-c4ccc(F)cc4)n[nH]3)c2)c(C)c1Br. The Bertz CT molecular complexity index is 1210. The largest absolute Gasteiger partial charge is 0.321 e. The van der Waals surface area contributed by atoms with Gasteiger partial charge in [0.05, 0.1) is 28.1 Å². The van der Waals surface area contributed by atoms with Gasteiger partial charge in [0.15, 0.2) is 0 Å². The highest BCUT2D eigenvalue weighted by Crippen LogP contribution is 2.22. The molecule has 0 aliphatic heterocycles. The number of benzene rings is 2. The van der Waals surface area contributed by atoms with E-state index in [-0.39, 0.29) is 11.7 Å². The van der Waals surface area contributed by atoms with Gasteiger partial charge in [-0.2, -0.15) is 10.2 Å². The standard InChI is InChI=1S/C22H19BrFN5O/c1-13-21(23)14(2)29(28-13)12-15-4-3-5-18(10-15)25-22(30)20-11-19(26-27-20)16-6-8-17(24)9-7-16/h3-11H,12H2,1-2H3,(H,25,30)(H,26,27). The van der Waals surface area contributed by atoms with Gasteiger partial charge in [0.25, 0.3) is 5.91 Å². The quantitative estimate of drug-likeness (QED) is 0.429. The summed E-state index contributed by atoms with van der Waals surface area (Å²) in [6, 6.07) is 15.2. The molecule has 0 atom stereocenters. The van der Waals surface area contributed by atoms with Gasteiger partial charge in [-0.3, -0.25) is 14.6 Å². The van der Waals surface area contributed by atoms with Crippen LogP contribution in [0, 0.1) is 19.7 Å². The molecule has 8 heteroatoms. The van der Waals surface area contributed by atoms with E-state index in [1.165, 1.54) is 12.1 Å². The van der Waals surface area contributed by atoms with E-state index in [2.05, 4.69) is 36.5 Å². The van der Waals surface area contributed by atoms with Crippen molar-refractivity contribution in [1.29, 1.82) is 0 Å². The zero-order valence-electron chi connectivity index (χ0n) is 16.4. The van der Waals surface area contributed by atoms with Crippen molar-refractivity contribution in [2.45, 2.75) is 20.4 Å². The molecular formula is C22H19BrFN5O. The molecule has 4 rings (SSSR count). The highest BCUT2D eigenvalue weighted by Gasteiger charge is 2.13. The van der Waals surface area contributed by atoms with Gasteiger partial charge in [-0.25, -0.2) is 4.39 Å². The number of amides is 1. The average Bonchev–Trinajstić information content (AvgIpc) is 3.31. The highest BCUT2D eigenvalue weighted by molar-refractivity contribution is 9.10. The first-order valence-electron chi connectivity index (χ1n) is 9.32. The molecule has 2 aromatic carbocycles. The van der Waals surface area contributed by atoms with E-state index in [1.807, 2.05) is 42.8 Å². The molecule has 0 fully saturated rings. The van der Waals surface area contributed by atoms with Crippen LogP contribution in [0.5, 0.6) is 0 Å². The smallest absolute Gasteiger partial charge is 0.273 e. The van der Waals surface area contributed by atoms with Crippen molar-refractivity contribution in [2.75, 3.05) is 5.32 Å². The molecular weight excluding hydrogens is 449 g/mol. The summed E-state index contributed by atoms with van der Waals surface area (Å²) in [7, 11) is 0. The van der Waals surface area contributed by atoms with Crippen LogP contribution in [0.2, 0.25) is 0 Å². The second-order valence-corrected chi connectivity index (χ2v) is 7.76. The van der Waals surface area contributed by atoms with Crippen LogP contribution in [0.4, 0.5) is 10.1 Å². The van der Waals surface area contributed by atoms with Gasteiger partial charge in [-0.1, -0.05) is 12.1 Å². The molecule has 2 heterocycles. The molecule has 0 spiro atoms. The number of rotatable bonds is 5. The zero-order valence-corrected chi connectivity index (χ0v) is 18.0. The zero-order chi connectivity index (χ0) is 21.3. The third-order valence-corrected chi connectivity index (χ3v) is 5.92. The first-order chi connectivity index (χ1) is 14.4. The normalized spacial score (nSPS) is 10.9. The minimum Gasteiger partial charge on any atom is -0.321 e. The number of anilines is 1. The Morgan fingerprint density at radius 2 is 1.93 bits per heavy atom. The molecule has 0 aliphatic rings. The Kier molecular flexibility index (Phi) is 5.50. The Morgan fingerprint density at radius 3 is 2.63 bits per heavy atom. The second kappa shape index (κ2) is 8.23. The van der Waals surface area contributed by atoms with Crippen LogP contribution in [-0.4, -0.2) is 25.9 Å².